The molecule has 0 aliphatic rings. The molecule has 0 aliphatic heterocycles. The van der Waals surface area contributed by atoms with Crippen molar-refractivity contribution in [3.05, 3.63) is 41.5 Å². The third-order valence-electron chi connectivity index (χ3n) is 4.30. The first kappa shape index (κ1) is 24.7. The highest BCUT2D eigenvalue weighted by molar-refractivity contribution is 14.0. The fraction of sp³-hybridized carbons (Fsp3) is 0.526. The van der Waals surface area contributed by atoms with Gasteiger partial charge in [0.1, 0.15) is 12.4 Å². The van der Waals surface area contributed by atoms with Crippen molar-refractivity contribution < 1.29 is 4.74 Å². The van der Waals surface area contributed by atoms with E-state index in [0.717, 1.165) is 43.7 Å². The van der Waals surface area contributed by atoms with Crippen LogP contribution in [0.15, 0.2) is 34.2 Å². The lowest BCUT2D eigenvalue weighted by Gasteiger charge is -2.23. The molecule has 0 saturated carbocycles. The largest absolute Gasteiger partial charge is 0.385 e. The molecule has 2 rings (SSSR count). The SMILES string of the molecule is COCCCNC(=NCc1nnc(C)n1C)N(C)Cc1ccc(SC)cc1.I. The van der Waals surface area contributed by atoms with Crippen LogP contribution >= 0.6 is 35.7 Å². The summed E-state index contributed by atoms with van der Waals surface area (Å²) in [6, 6.07) is 8.63. The highest BCUT2D eigenvalue weighted by atomic mass is 127. The van der Waals surface area contributed by atoms with Crippen molar-refractivity contribution in [3.63, 3.8) is 0 Å². The predicted molar refractivity (Wildman–Crippen MR) is 126 cm³/mol. The summed E-state index contributed by atoms with van der Waals surface area (Å²) >= 11 is 1.75. The van der Waals surface area contributed by atoms with Gasteiger partial charge in [0.25, 0.3) is 0 Å². The van der Waals surface area contributed by atoms with Crippen LogP contribution in [0.5, 0.6) is 0 Å². The van der Waals surface area contributed by atoms with E-state index in [4.69, 9.17) is 9.73 Å². The van der Waals surface area contributed by atoms with Crippen LogP contribution in [0.4, 0.5) is 0 Å². The zero-order valence-electron chi connectivity index (χ0n) is 17.3. The number of nitrogens with zero attached hydrogens (tertiary/aromatic N) is 5. The van der Waals surface area contributed by atoms with Crippen molar-refractivity contribution >= 4 is 41.7 Å². The number of thioether (sulfide) groups is 1. The predicted octanol–water partition coefficient (Wildman–Crippen LogP) is 3.08. The van der Waals surface area contributed by atoms with Gasteiger partial charge in [0.2, 0.25) is 0 Å². The van der Waals surface area contributed by atoms with Gasteiger partial charge in [-0.25, -0.2) is 4.99 Å². The summed E-state index contributed by atoms with van der Waals surface area (Å²) in [4.78, 5) is 8.16. The fourth-order valence-electron chi connectivity index (χ4n) is 2.54. The molecule has 0 saturated heterocycles. The summed E-state index contributed by atoms with van der Waals surface area (Å²) < 4.78 is 7.10. The number of nitrogens with one attached hydrogen (secondary N) is 1. The average Bonchev–Trinajstić information content (AvgIpc) is 3.00. The van der Waals surface area contributed by atoms with Crippen molar-refractivity contribution in [2.75, 3.05) is 33.6 Å². The van der Waals surface area contributed by atoms with Crippen LogP contribution in [0.2, 0.25) is 0 Å². The Bertz CT molecular complexity index is 735. The average molecular weight is 518 g/mol. The Balaban J connectivity index is 0.00000392. The van der Waals surface area contributed by atoms with Gasteiger partial charge in [-0.2, -0.15) is 0 Å². The number of ether oxygens (including phenoxy) is 1. The van der Waals surface area contributed by atoms with E-state index in [1.807, 2.05) is 25.6 Å². The van der Waals surface area contributed by atoms with Crippen LogP contribution in [0, 0.1) is 6.92 Å². The number of methoxy groups -OCH3 is 1. The second kappa shape index (κ2) is 13.0. The van der Waals surface area contributed by atoms with Gasteiger partial charge in [-0.05, 0) is 37.3 Å². The maximum Gasteiger partial charge on any atom is 0.194 e. The lowest BCUT2D eigenvalue weighted by molar-refractivity contribution is 0.195. The van der Waals surface area contributed by atoms with E-state index in [1.165, 1.54) is 10.5 Å². The molecule has 0 aliphatic carbocycles. The minimum atomic E-state index is 0. The molecule has 156 valence electrons. The van der Waals surface area contributed by atoms with Gasteiger partial charge in [-0.15, -0.1) is 45.9 Å². The summed E-state index contributed by atoms with van der Waals surface area (Å²) in [6.45, 7) is 4.74. The Labute approximate surface area is 189 Å². The van der Waals surface area contributed by atoms with Gasteiger partial charge in [0.15, 0.2) is 11.8 Å². The van der Waals surface area contributed by atoms with Gasteiger partial charge in [0.05, 0.1) is 0 Å². The molecule has 1 heterocycles. The molecule has 0 spiro atoms. The molecule has 9 heteroatoms. The van der Waals surface area contributed by atoms with Gasteiger partial charge in [-0.1, -0.05) is 12.1 Å². The van der Waals surface area contributed by atoms with E-state index >= 15 is 0 Å². The zero-order valence-corrected chi connectivity index (χ0v) is 20.5. The number of aryl methyl sites for hydroxylation is 1. The molecular weight excluding hydrogens is 487 g/mol. The minimum Gasteiger partial charge on any atom is -0.385 e. The molecule has 28 heavy (non-hydrogen) atoms. The van der Waals surface area contributed by atoms with Crippen LogP contribution in [0.25, 0.3) is 0 Å². The van der Waals surface area contributed by atoms with Crippen molar-refractivity contribution in [1.82, 2.24) is 25.0 Å². The van der Waals surface area contributed by atoms with E-state index in [1.54, 1.807) is 18.9 Å². The molecule has 0 bridgehead atoms. The van der Waals surface area contributed by atoms with Crippen LogP contribution in [0.3, 0.4) is 0 Å². The lowest BCUT2D eigenvalue weighted by atomic mass is 10.2. The summed E-state index contributed by atoms with van der Waals surface area (Å²) in [6.07, 6.45) is 3.01. The molecule has 0 fully saturated rings. The number of hydrogen-bond donors (Lipinski definition) is 1. The molecule has 1 aromatic carbocycles. The van der Waals surface area contributed by atoms with Crippen LogP contribution < -0.4 is 5.32 Å². The van der Waals surface area contributed by atoms with Crippen LogP contribution in [-0.4, -0.2) is 59.2 Å². The molecule has 2 aromatic rings. The monoisotopic (exact) mass is 518 g/mol. The molecule has 1 aromatic heterocycles. The van der Waals surface area contributed by atoms with E-state index in [-0.39, 0.29) is 24.0 Å². The Morgan fingerprint density at radius 2 is 2.00 bits per heavy atom. The first-order chi connectivity index (χ1) is 13.0. The van der Waals surface area contributed by atoms with Crippen LogP contribution in [0.1, 0.15) is 23.6 Å². The molecule has 0 atom stereocenters. The number of halogens is 1. The summed E-state index contributed by atoms with van der Waals surface area (Å²) in [7, 11) is 5.73. The van der Waals surface area contributed by atoms with Crippen molar-refractivity contribution in [1.29, 1.82) is 0 Å². The van der Waals surface area contributed by atoms with Crippen molar-refractivity contribution in [3.8, 4) is 0 Å². The molecular formula is C19H31IN6OS. The molecule has 0 radical (unpaired) electrons. The molecule has 0 unspecified atom stereocenters. The lowest BCUT2D eigenvalue weighted by Crippen LogP contribution is -2.39. The normalized spacial score (nSPS) is 11.2. The number of hydrogen-bond acceptors (Lipinski definition) is 5. The Hall–Kier alpha value is -1.33. The van der Waals surface area contributed by atoms with E-state index in [0.29, 0.717) is 6.54 Å². The number of benzene rings is 1. The number of aliphatic imine (C=N–C) groups is 1. The third kappa shape index (κ3) is 7.59. The summed E-state index contributed by atoms with van der Waals surface area (Å²) in [5, 5.41) is 11.7. The third-order valence-corrected chi connectivity index (χ3v) is 5.05. The summed E-state index contributed by atoms with van der Waals surface area (Å²) in [5.41, 5.74) is 1.25. The van der Waals surface area contributed by atoms with Gasteiger partial charge in [0, 0.05) is 45.8 Å². The summed E-state index contributed by atoms with van der Waals surface area (Å²) in [5.74, 6) is 2.58. The highest BCUT2D eigenvalue weighted by Gasteiger charge is 2.09. The Morgan fingerprint density at radius 3 is 2.57 bits per heavy atom. The topological polar surface area (TPSA) is 67.6 Å². The van der Waals surface area contributed by atoms with E-state index in [9.17, 15) is 0 Å². The van der Waals surface area contributed by atoms with Crippen LogP contribution in [-0.2, 0) is 24.9 Å². The number of rotatable bonds is 9. The molecule has 1 N–H and O–H groups in total. The molecule has 7 nitrogen and oxygen atoms in total. The molecule has 0 amide bonds. The van der Waals surface area contributed by atoms with Gasteiger partial charge < -0.3 is 19.5 Å². The van der Waals surface area contributed by atoms with E-state index < -0.39 is 0 Å². The highest BCUT2D eigenvalue weighted by Crippen LogP contribution is 2.15. The number of guanidine groups is 1. The maximum atomic E-state index is 5.13. The first-order valence-corrected chi connectivity index (χ1v) is 10.2. The Morgan fingerprint density at radius 1 is 1.29 bits per heavy atom. The van der Waals surface area contributed by atoms with Crippen molar-refractivity contribution in [2.45, 2.75) is 31.3 Å². The zero-order chi connectivity index (χ0) is 19.6. The number of aromatic nitrogens is 3. The van der Waals surface area contributed by atoms with Gasteiger partial charge >= 0.3 is 0 Å². The smallest absolute Gasteiger partial charge is 0.194 e. The van der Waals surface area contributed by atoms with Crippen molar-refractivity contribution in [2.24, 2.45) is 12.0 Å². The second-order valence-electron chi connectivity index (χ2n) is 6.34. The maximum absolute atomic E-state index is 5.13. The second-order valence-corrected chi connectivity index (χ2v) is 7.22. The standard InChI is InChI=1S/C19H30N6OS.HI/c1-15-22-23-18(25(15)3)13-21-19(20-11-6-12-26-4)24(2)14-16-7-9-17(27-5)10-8-16;/h7-10H,6,11-14H2,1-5H3,(H,20,21);1H. The first-order valence-electron chi connectivity index (χ1n) is 9.01. The fourth-order valence-corrected chi connectivity index (χ4v) is 2.95. The minimum absolute atomic E-state index is 0. The Kier molecular flexibility index (Phi) is 11.5. The van der Waals surface area contributed by atoms with E-state index in [2.05, 4.69) is 50.9 Å². The quantitative estimate of drug-likeness (QED) is 0.181. The van der Waals surface area contributed by atoms with Gasteiger partial charge in [-0.3, -0.25) is 0 Å².